The molecule has 0 aliphatic carbocycles. The molecule has 0 aliphatic heterocycles. The molecule has 4 aromatic rings. The van der Waals surface area contributed by atoms with Gasteiger partial charge in [-0.3, -0.25) is 4.79 Å². The van der Waals surface area contributed by atoms with Crippen molar-refractivity contribution in [1.82, 2.24) is 14.9 Å². The van der Waals surface area contributed by atoms with Gasteiger partial charge in [0.2, 0.25) is 0 Å². The molecule has 1 amide bonds. The molecule has 176 valence electrons. The van der Waals surface area contributed by atoms with Crippen LogP contribution in [0.25, 0.3) is 11.0 Å². The first-order valence-corrected chi connectivity index (χ1v) is 11.8. The molecule has 5 nitrogen and oxygen atoms in total. The van der Waals surface area contributed by atoms with E-state index >= 15 is 0 Å². The normalized spacial score (nSPS) is 11.0. The molecule has 1 heterocycles. The summed E-state index contributed by atoms with van der Waals surface area (Å²) in [6, 6.07) is 21.7. The number of nitrogens with zero attached hydrogens (tertiary/aromatic N) is 2. The van der Waals surface area contributed by atoms with Crippen molar-refractivity contribution in [1.29, 1.82) is 0 Å². The van der Waals surface area contributed by atoms with Crippen LogP contribution in [0.15, 0.2) is 72.8 Å². The van der Waals surface area contributed by atoms with E-state index in [1.807, 2.05) is 36.4 Å². The van der Waals surface area contributed by atoms with Gasteiger partial charge in [0.25, 0.3) is 5.91 Å². The van der Waals surface area contributed by atoms with Gasteiger partial charge in [-0.05, 0) is 55.3 Å². The summed E-state index contributed by atoms with van der Waals surface area (Å²) in [6.07, 6.45) is 3.52. The van der Waals surface area contributed by atoms with Crippen LogP contribution in [0.5, 0.6) is 5.75 Å². The Bertz CT molecular complexity index is 1240. The number of rotatable bonds is 11. The first kappa shape index (κ1) is 23.8. The van der Waals surface area contributed by atoms with Crippen molar-refractivity contribution >= 4 is 28.5 Å². The number of benzene rings is 3. The predicted octanol–water partition coefficient (Wildman–Crippen LogP) is 5.79. The summed E-state index contributed by atoms with van der Waals surface area (Å²) >= 11 is 5.84. The van der Waals surface area contributed by atoms with E-state index < -0.39 is 0 Å². The van der Waals surface area contributed by atoms with Crippen LogP contribution in [0.3, 0.4) is 0 Å². The van der Waals surface area contributed by atoms with Crippen LogP contribution in [-0.2, 0) is 17.8 Å². The lowest BCUT2D eigenvalue weighted by Crippen LogP contribution is -2.29. The molecule has 0 saturated heterocycles. The maximum Gasteiger partial charge on any atom is 0.257 e. The SMILES string of the molecule is O=C(COc1ccc(Cl)cc1)NCCCCCc1nc2ccccc2n1Cc1ccccc1F. The molecule has 1 aromatic heterocycles. The van der Waals surface area contributed by atoms with E-state index in [1.54, 1.807) is 30.3 Å². The van der Waals surface area contributed by atoms with Crippen molar-refractivity contribution in [3.8, 4) is 5.75 Å². The first-order chi connectivity index (χ1) is 16.6. The number of hydrogen-bond acceptors (Lipinski definition) is 3. The van der Waals surface area contributed by atoms with Gasteiger partial charge in [-0.2, -0.15) is 0 Å². The largest absolute Gasteiger partial charge is 0.484 e. The maximum atomic E-state index is 14.3. The Morgan fingerprint density at radius 3 is 2.56 bits per heavy atom. The summed E-state index contributed by atoms with van der Waals surface area (Å²) in [5.74, 6) is 1.20. The van der Waals surface area contributed by atoms with E-state index in [2.05, 4.69) is 9.88 Å². The number of para-hydroxylation sites is 2. The van der Waals surface area contributed by atoms with Gasteiger partial charge < -0.3 is 14.6 Å². The molecule has 0 fully saturated rings. The number of carbonyl (C=O) groups is 1. The van der Waals surface area contributed by atoms with E-state index in [9.17, 15) is 9.18 Å². The molecule has 4 rings (SSSR count). The summed E-state index contributed by atoms with van der Waals surface area (Å²) in [4.78, 5) is 16.8. The zero-order valence-corrected chi connectivity index (χ0v) is 19.6. The lowest BCUT2D eigenvalue weighted by molar-refractivity contribution is -0.123. The molecule has 0 aliphatic rings. The number of hydrogen-bond donors (Lipinski definition) is 1. The Morgan fingerprint density at radius 2 is 1.74 bits per heavy atom. The fraction of sp³-hybridized carbons (Fsp3) is 0.259. The van der Waals surface area contributed by atoms with Gasteiger partial charge in [0.15, 0.2) is 6.61 Å². The number of aryl methyl sites for hydroxylation is 1. The van der Waals surface area contributed by atoms with Gasteiger partial charge in [0, 0.05) is 23.6 Å². The third-order valence-electron chi connectivity index (χ3n) is 5.60. The molecule has 0 unspecified atom stereocenters. The summed E-state index contributed by atoms with van der Waals surface area (Å²) in [5.41, 5.74) is 2.57. The van der Waals surface area contributed by atoms with Gasteiger partial charge in [0.1, 0.15) is 17.4 Å². The molecular weight excluding hydrogens is 453 g/mol. The molecule has 0 bridgehead atoms. The maximum absolute atomic E-state index is 14.3. The molecule has 0 radical (unpaired) electrons. The minimum atomic E-state index is -0.206. The van der Waals surface area contributed by atoms with E-state index in [4.69, 9.17) is 21.3 Å². The average molecular weight is 480 g/mol. The van der Waals surface area contributed by atoms with E-state index in [0.29, 0.717) is 29.4 Å². The molecule has 1 N–H and O–H groups in total. The topological polar surface area (TPSA) is 56.1 Å². The number of aromatic nitrogens is 2. The van der Waals surface area contributed by atoms with Crippen molar-refractivity contribution in [3.05, 3.63) is 95.0 Å². The highest BCUT2D eigenvalue weighted by molar-refractivity contribution is 6.30. The monoisotopic (exact) mass is 479 g/mol. The minimum absolute atomic E-state index is 0.0261. The van der Waals surface area contributed by atoms with Gasteiger partial charge in [-0.15, -0.1) is 0 Å². The van der Waals surface area contributed by atoms with Gasteiger partial charge in [-0.25, -0.2) is 9.37 Å². The van der Waals surface area contributed by atoms with Crippen LogP contribution in [0.1, 0.15) is 30.7 Å². The summed E-state index contributed by atoms with van der Waals surface area (Å²) < 4.78 is 21.8. The number of carbonyl (C=O) groups excluding carboxylic acids is 1. The third-order valence-corrected chi connectivity index (χ3v) is 5.85. The quantitative estimate of drug-likeness (QED) is 0.277. The summed E-state index contributed by atoms with van der Waals surface area (Å²) in [7, 11) is 0. The van der Waals surface area contributed by atoms with Crippen molar-refractivity contribution in [2.45, 2.75) is 32.2 Å². The Balaban J connectivity index is 1.24. The first-order valence-electron chi connectivity index (χ1n) is 11.4. The van der Waals surface area contributed by atoms with Crippen LogP contribution in [0.2, 0.25) is 5.02 Å². The molecule has 0 spiro atoms. The van der Waals surface area contributed by atoms with Gasteiger partial charge >= 0.3 is 0 Å². The minimum Gasteiger partial charge on any atom is -0.484 e. The number of ether oxygens (including phenoxy) is 1. The van der Waals surface area contributed by atoms with Crippen LogP contribution in [0, 0.1) is 5.82 Å². The molecule has 3 aromatic carbocycles. The lowest BCUT2D eigenvalue weighted by atomic mass is 10.1. The highest BCUT2D eigenvalue weighted by Gasteiger charge is 2.12. The Hall–Kier alpha value is -3.38. The lowest BCUT2D eigenvalue weighted by Gasteiger charge is -2.11. The van der Waals surface area contributed by atoms with Gasteiger partial charge in [0.05, 0.1) is 17.6 Å². The standard InChI is InChI=1S/C27H27ClFN3O2/c28-21-13-15-22(16-14-21)34-19-27(33)30-17-7-1-2-12-26-31-24-10-5-6-11-25(24)32(26)18-20-8-3-4-9-23(20)29/h3-6,8-11,13-16H,1-2,7,12,17-19H2,(H,30,33). The van der Waals surface area contributed by atoms with E-state index in [1.165, 1.54) is 6.07 Å². The van der Waals surface area contributed by atoms with Crippen molar-refractivity contribution < 1.29 is 13.9 Å². The fourth-order valence-corrected chi connectivity index (χ4v) is 3.96. The zero-order valence-electron chi connectivity index (χ0n) is 18.8. The van der Waals surface area contributed by atoms with Gasteiger partial charge in [-0.1, -0.05) is 48.4 Å². The Labute approximate surface area is 203 Å². The second-order valence-corrected chi connectivity index (χ2v) is 8.53. The number of imidazole rings is 1. The highest BCUT2D eigenvalue weighted by Crippen LogP contribution is 2.21. The molecule has 0 saturated carbocycles. The number of halogens is 2. The van der Waals surface area contributed by atoms with Crippen LogP contribution >= 0.6 is 11.6 Å². The van der Waals surface area contributed by atoms with Crippen LogP contribution < -0.4 is 10.1 Å². The number of amides is 1. The van der Waals surface area contributed by atoms with Crippen LogP contribution in [0.4, 0.5) is 4.39 Å². The second kappa shape index (κ2) is 11.7. The van der Waals surface area contributed by atoms with Crippen molar-refractivity contribution in [2.75, 3.05) is 13.2 Å². The highest BCUT2D eigenvalue weighted by atomic mass is 35.5. The van der Waals surface area contributed by atoms with E-state index in [0.717, 1.165) is 42.5 Å². The van der Waals surface area contributed by atoms with E-state index in [-0.39, 0.29) is 18.3 Å². The zero-order chi connectivity index (χ0) is 23.8. The predicted molar refractivity (Wildman–Crippen MR) is 133 cm³/mol. The number of nitrogens with one attached hydrogen (secondary N) is 1. The van der Waals surface area contributed by atoms with Crippen LogP contribution in [-0.4, -0.2) is 28.6 Å². The van der Waals surface area contributed by atoms with Crippen molar-refractivity contribution in [3.63, 3.8) is 0 Å². The Kier molecular flexibility index (Phi) is 8.15. The molecular formula is C27H27ClFN3O2. The molecule has 34 heavy (non-hydrogen) atoms. The smallest absolute Gasteiger partial charge is 0.257 e. The molecule has 7 heteroatoms. The average Bonchev–Trinajstić information content (AvgIpc) is 3.19. The number of unbranched alkanes of at least 4 members (excludes halogenated alkanes) is 2. The molecule has 0 atom stereocenters. The number of fused-ring (bicyclic) bond motifs is 1. The summed E-state index contributed by atoms with van der Waals surface area (Å²) in [5, 5.41) is 3.51. The second-order valence-electron chi connectivity index (χ2n) is 8.10. The third kappa shape index (κ3) is 6.35. The summed E-state index contributed by atoms with van der Waals surface area (Å²) in [6.45, 7) is 1.02. The fourth-order valence-electron chi connectivity index (χ4n) is 3.83. The van der Waals surface area contributed by atoms with Crippen molar-refractivity contribution in [2.24, 2.45) is 0 Å². The Morgan fingerprint density at radius 1 is 0.971 bits per heavy atom.